The number of rotatable bonds is 8. The Balaban J connectivity index is 2.18. The van der Waals surface area contributed by atoms with E-state index in [0.717, 1.165) is 11.1 Å². The predicted molar refractivity (Wildman–Crippen MR) is 96.6 cm³/mol. The van der Waals surface area contributed by atoms with E-state index in [9.17, 15) is 13.2 Å². The van der Waals surface area contributed by atoms with Gasteiger partial charge in [0, 0.05) is 0 Å². The molecule has 5 nitrogen and oxygen atoms in total. The molecule has 0 aliphatic rings. The quantitative estimate of drug-likeness (QED) is 0.751. The number of hydrogen-bond donors (Lipinski definition) is 2. The Hall–Kier alpha value is -1.83. The van der Waals surface area contributed by atoms with E-state index in [0.29, 0.717) is 5.75 Å². The number of carboxylic acids is 1. The topological polar surface area (TPSA) is 83.5 Å². The average molecular weight is 365 g/mol. The van der Waals surface area contributed by atoms with Gasteiger partial charge in [0.2, 0.25) is 10.0 Å². The zero-order chi connectivity index (χ0) is 17.6. The number of nitrogens with one attached hydrogen (secondary N) is 1. The third-order valence-corrected chi connectivity index (χ3v) is 5.61. The first-order valence-corrected chi connectivity index (χ1v) is 10.2. The van der Waals surface area contributed by atoms with Crippen LogP contribution in [-0.2, 0) is 14.8 Å². The standard InChI is InChI=1S/C17H19NO4S2/c1-23-12-11-16(17(19)20)18-24(21,22)15-9-7-14(8-10-15)13-5-3-2-4-6-13/h2-10,16,18H,11-12H2,1H3,(H,19,20). The van der Waals surface area contributed by atoms with Gasteiger partial charge in [0.1, 0.15) is 6.04 Å². The summed E-state index contributed by atoms with van der Waals surface area (Å²) >= 11 is 1.47. The molecule has 0 saturated carbocycles. The Morgan fingerprint density at radius 1 is 1.08 bits per heavy atom. The van der Waals surface area contributed by atoms with Crippen LogP contribution < -0.4 is 4.72 Å². The van der Waals surface area contributed by atoms with Gasteiger partial charge in [0.25, 0.3) is 0 Å². The Bertz CT molecular complexity index is 774. The van der Waals surface area contributed by atoms with Gasteiger partial charge in [-0.2, -0.15) is 16.5 Å². The van der Waals surface area contributed by atoms with Crippen molar-refractivity contribution in [3.05, 3.63) is 54.6 Å². The molecule has 1 atom stereocenters. The molecular weight excluding hydrogens is 346 g/mol. The van der Waals surface area contributed by atoms with Gasteiger partial charge in [-0.1, -0.05) is 42.5 Å². The first-order valence-electron chi connectivity index (χ1n) is 7.33. The Morgan fingerprint density at radius 3 is 2.21 bits per heavy atom. The van der Waals surface area contributed by atoms with Crippen LogP contribution in [0.25, 0.3) is 11.1 Å². The van der Waals surface area contributed by atoms with E-state index < -0.39 is 22.0 Å². The van der Waals surface area contributed by atoms with E-state index in [2.05, 4.69) is 4.72 Å². The van der Waals surface area contributed by atoms with Gasteiger partial charge >= 0.3 is 5.97 Å². The van der Waals surface area contributed by atoms with Crippen LogP contribution in [0.4, 0.5) is 0 Å². The van der Waals surface area contributed by atoms with Gasteiger partial charge < -0.3 is 5.11 Å². The van der Waals surface area contributed by atoms with Gasteiger partial charge in [-0.3, -0.25) is 4.79 Å². The maximum atomic E-state index is 12.4. The van der Waals surface area contributed by atoms with E-state index in [1.807, 2.05) is 36.6 Å². The van der Waals surface area contributed by atoms with Crippen molar-refractivity contribution in [3.63, 3.8) is 0 Å². The van der Waals surface area contributed by atoms with Gasteiger partial charge in [-0.15, -0.1) is 0 Å². The van der Waals surface area contributed by atoms with Crippen LogP contribution in [0.15, 0.2) is 59.5 Å². The molecule has 0 aromatic heterocycles. The van der Waals surface area contributed by atoms with E-state index in [4.69, 9.17) is 5.11 Å². The fourth-order valence-corrected chi connectivity index (χ4v) is 3.88. The molecule has 24 heavy (non-hydrogen) atoms. The summed E-state index contributed by atoms with van der Waals surface area (Å²) in [6, 6.07) is 14.9. The fourth-order valence-electron chi connectivity index (χ4n) is 2.18. The number of thioether (sulfide) groups is 1. The minimum atomic E-state index is -3.87. The monoisotopic (exact) mass is 365 g/mol. The maximum Gasteiger partial charge on any atom is 0.321 e. The van der Waals surface area contributed by atoms with Crippen LogP contribution in [0, 0.1) is 0 Å². The molecule has 0 heterocycles. The largest absolute Gasteiger partial charge is 0.480 e. The third kappa shape index (κ3) is 4.83. The highest BCUT2D eigenvalue weighted by atomic mass is 32.2. The van der Waals surface area contributed by atoms with E-state index in [-0.39, 0.29) is 11.3 Å². The Labute approximate surface area is 146 Å². The van der Waals surface area contributed by atoms with Gasteiger partial charge in [0.15, 0.2) is 0 Å². The third-order valence-electron chi connectivity index (χ3n) is 3.48. The molecular formula is C17H19NO4S2. The number of hydrogen-bond acceptors (Lipinski definition) is 4. The van der Waals surface area contributed by atoms with E-state index in [1.54, 1.807) is 12.1 Å². The summed E-state index contributed by atoms with van der Waals surface area (Å²) in [4.78, 5) is 11.3. The number of sulfonamides is 1. The lowest BCUT2D eigenvalue weighted by molar-refractivity contribution is -0.139. The second kappa shape index (κ2) is 8.32. The summed E-state index contributed by atoms with van der Waals surface area (Å²) in [5.41, 5.74) is 1.88. The van der Waals surface area contributed by atoms with Crippen LogP contribution >= 0.6 is 11.8 Å². The first-order chi connectivity index (χ1) is 11.4. The molecule has 1 unspecified atom stereocenters. The summed E-state index contributed by atoms with van der Waals surface area (Å²) in [6.07, 6.45) is 2.08. The lowest BCUT2D eigenvalue weighted by Crippen LogP contribution is -2.41. The highest BCUT2D eigenvalue weighted by molar-refractivity contribution is 7.98. The molecule has 0 spiro atoms. The molecule has 0 radical (unpaired) electrons. The number of benzene rings is 2. The van der Waals surface area contributed by atoms with Gasteiger partial charge in [-0.25, -0.2) is 8.42 Å². The van der Waals surface area contributed by atoms with Crippen molar-refractivity contribution in [2.24, 2.45) is 0 Å². The molecule has 0 bridgehead atoms. The highest BCUT2D eigenvalue weighted by Crippen LogP contribution is 2.21. The van der Waals surface area contributed by atoms with Crippen LogP contribution in [0.3, 0.4) is 0 Å². The summed E-state index contributed by atoms with van der Waals surface area (Å²) in [7, 11) is -3.87. The van der Waals surface area contributed by atoms with Crippen molar-refractivity contribution in [2.45, 2.75) is 17.4 Å². The normalized spacial score (nSPS) is 12.7. The lowest BCUT2D eigenvalue weighted by Gasteiger charge is -2.14. The lowest BCUT2D eigenvalue weighted by atomic mass is 10.1. The molecule has 128 valence electrons. The van der Waals surface area contributed by atoms with Crippen LogP contribution in [0.5, 0.6) is 0 Å². The molecule has 2 aromatic carbocycles. The second-order valence-electron chi connectivity index (χ2n) is 5.18. The molecule has 0 aliphatic heterocycles. The Morgan fingerprint density at radius 2 is 1.67 bits per heavy atom. The van der Waals surface area contributed by atoms with Crippen molar-refractivity contribution in [2.75, 3.05) is 12.0 Å². The molecule has 0 amide bonds. The first kappa shape index (κ1) is 18.5. The summed E-state index contributed by atoms with van der Waals surface area (Å²) in [5.74, 6) is -0.611. The fraction of sp³-hybridized carbons (Fsp3) is 0.235. The predicted octanol–water partition coefficient (Wildman–Crippen LogP) is 2.84. The molecule has 2 aromatic rings. The van der Waals surface area contributed by atoms with Gasteiger partial charge in [0.05, 0.1) is 4.90 Å². The van der Waals surface area contributed by atoms with E-state index >= 15 is 0 Å². The molecule has 2 N–H and O–H groups in total. The van der Waals surface area contributed by atoms with Crippen molar-refractivity contribution < 1.29 is 18.3 Å². The maximum absolute atomic E-state index is 12.4. The van der Waals surface area contributed by atoms with Crippen LogP contribution in [0.2, 0.25) is 0 Å². The van der Waals surface area contributed by atoms with Crippen molar-refractivity contribution in [1.29, 1.82) is 0 Å². The van der Waals surface area contributed by atoms with Crippen molar-refractivity contribution in [3.8, 4) is 11.1 Å². The van der Waals surface area contributed by atoms with Crippen molar-refractivity contribution >= 4 is 27.8 Å². The molecule has 0 fully saturated rings. The van der Waals surface area contributed by atoms with E-state index in [1.165, 1.54) is 23.9 Å². The van der Waals surface area contributed by atoms with Crippen molar-refractivity contribution in [1.82, 2.24) is 4.72 Å². The summed E-state index contributed by atoms with van der Waals surface area (Å²) in [6.45, 7) is 0. The number of aliphatic carboxylic acids is 1. The molecule has 7 heteroatoms. The second-order valence-corrected chi connectivity index (χ2v) is 7.88. The van der Waals surface area contributed by atoms with Crippen LogP contribution in [0.1, 0.15) is 6.42 Å². The molecule has 0 saturated heterocycles. The highest BCUT2D eigenvalue weighted by Gasteiger charge is 2.24. The average Bonchev–Trinajstić information content (AvgIpc) is 2.59. The summed E-state index contributed by atoms with van der Waals surface area (Å²) < 4.78 is 27.0. The number of carbonyl (C=O) groups is 1. The SMILES string of the molecule is CSCCC(NS(=O)(=O)c1ccc(-c2ccccc2)cc1)C(=O)O. The van der Waals surface area contributed by atoms with Crippen LogP contribution in [-0.4, -0.2) is 37.5 Å². The summed E-state index contributed by atoms with van der Waals surface area (Å²) in [5, 5.41) is 9.17. The number of carboxylic acid groups (broad SMARTS) is 1. The Kier molecular flexibility index (Phi) is 6.42. The smallest absolute Gasteiger partial charge is 0.321 e. The molecule has 2 rings (SSSR count). The zero-order valence-electron chi connectivity index (χ0n) is 13.2. The van der Waals surface area contributed by atoms with Gasteiger partial charge in [-0.05, 0) is 41.7 Å². The molecule has 0 aliphatic carbocycles. The zero-order valence-corrected chi connectivity index (χ0v) is 14.8. The minimum absolute atomic E-state index is 0.0533. The minimum Gasteiger partial charge on any atom is -0.480 e.